The molecule has 0 aromatic heterocycles. The minimum absolute atomic E-state index is 0.127. The zero-order chi connectivity index (χ0) is 23.9. The molecule has 0 N–H and O–H groups in total. The number of hydrogen-bond donors (Lipinski definition) is 0. The Kier molecular flexibility index (Phi) is 6.92. The Hall–Kier alpha value is -3.88. The second-order valence-electron chi connectivity index (χ2n) is 8.43. The van der Waals surface area contributed by atoms with Gasteiger partial charge in [-0.2, -0.15) is 0 Å². The average molecular weight is 471 g/mol. The number of Topliss-reactive ketones (excluding diaryl/α,β-unsaturated/α-hetero) is 1. The molecule has 0 aliphatic carbocycles. The van der Waals surface area contributed by atoms with Crippen LogP contribution in [-0.4, -0.2) is 11.5 Å². The predicted molar refractivity (Wildman–Crippen MR) is 148 cm³/mol. The number of rotatable bonds is 8. The highest BCUT2D eigenvalue weighted by Crippen LogP contribution is 2.48. The second kappa shape index (κ2) is 10.6. The van der Waals surface area contributed by atoms with Crippen molar-refractivity contribution >= 4 is 17.5 Å². The minimum atomic E-state index is -0.497. The molecule has 170 valence electrons. The van der Waals surface area contributed by atoms with Crippen LogP contribution in [0.5, 0.6) is 0 Å². The Balaban J connectivity index is 1.49. The highest BCUT2D eigenvalue weighted by atomic mass is 32.2. The van der Waals surface area contributed by atoms with Gasteiger partial charge in [0.1, 0.15) is 0 Å². The molecule has 0 radical (unpaired) electrons. The van der Waals surface area contributed by atoms with Gasteiger partial charge in [-0.05, 0) is 27.8 Å². The van der Waals surface area contributed by atoms with Crippen LogP contribution < -0.4 is 0 Å². The zero-order valence-electron chi connectivity index (χ0n) is 19.4. The smallest absolute Gasteiger partial charge is 0.172 e. The summed E-state index contributed by atoms with van der Waals surface area (Å²) in [5, 5.41) is 0. The van der Waals surface area contributed by atoms with E-state index in [1.807, 2.05) is 60.7 Å². The summed E-state index contributed by atoms with van der Waals surface area (Å²) in [4.78, 5) is 13.4. The van der Waals surface area contributed by atoms with Crippen molar-refractivity contribution in [2.75, 3.05) is 5.75 Å². The van der Waals surface area contributed by atoms with E-state index < -0.39 is 4.75 Å². The molecule has 0 saturated carbocycles. The number of carbonyl (C=O) groups excluding carboxylic acids is 1. The lowest BCUT2D eigenvalue weighted by Gasteiger charge is -2.35. The van der Waals surface area contributed by atoms with Crippen molar-refractivity contribution in [3.8, 4) is 11.1 Å². The third kappa shape index (κ3) is 4.84. The molecule has 5 aromatic rings. The highest BCUT2D eigenvalue weighted by molar-refractivity contribution is 8.01. The van der Waals surface area contributed by atoms with E-state index in [4.69, 9.17) is 0 Å². The van der Waals surface area contributed by atoms with Gasteiger partial charge in [0.15, 0.2) is 5.78 Å². The van der Waals surface area contributed by atoms with Gasteiger partial charge in [-0.3, -0.25) is 4.79 Å². The van der Waals surface area contributed by atoms with Crippen molar-refractivity contribution in [2.45, 2.75) is 4.75 Å². The fourth-order valence-corrected chi connectivity index (χ4v) is 5.93. The molecule has 35 heavy (non-hydrogen) atoms. The van der Waals surface area contributed by atoms with Crippen molar-refractivity contribution in [2.24, 2.45) is 0 Å². The van der Waals surface area contributed by atoms with Crippen LogP contribution in [0.15, 0.2) is 146 Å². The Morgan fingerprint density at radius 3 is 1.29 bits per heavy atom. The summed E-state index contributed by atoms with van der Waals surface area (Å²) < 4.78 is -0.497. The second-order valence-corrected chi connectivity index (χ2v) is 9.62. The Morgan fingerprint density at radius 1 is 0.486 bits per heavy atom. The van der Waals surface area contributed by atoms with Crippen molar-refractivity contribution in [1.29, 1.82) is 0 Å². The van der Waals surface area contributed by atoms with Crippen molar-refractivity contribution in [3.63, 3.8) is 0 Å². The van der Waals surface area contributed by atoms with Crippen LogP contribution in [0.2, 0.25) is 0 Å². The van der Waals surface area contributed by atoms with Crippen LogP contribution in [0.25, 0.3) is 11.1 Å². The molecule has 0 amide bonds. The summed E-state index contributed by atoms with van der Waals surface area (Å²) in [5.41, 5.74) is 6.48. The molecule has 0 heterocycles. The molecule has 1 nitrogen and oxygen atoms in total. The molecule has 5 aromatic carbocycles. The average Bonchev–Trinajstić information content (AvgIpc) is 2.95. The first-order valence-corrected chi connectivity index (χ1v) is 12.8. The lowest BCUT2D eigenvalue weighted by molar-refractivity contribution is 0.102. The van der Waals surface area contributed by atoms with Crippen LogP contribution in [-0.2, 0) is 4.75 Å². The first kappa shape index (κ1) is 22.9. The molecule has 0 bridgehead atoms. The van der Waals surface area contributed by atoms with E-state index in [9.17, 15) is 4.79 Å². The first-order valence-electron chi connectivity index (χ1n) is 11.8. The van der Waals surface area contributed by atoms with Crippen LogP contribution in [0.4, 0.5) is 0 Å². The molecule has 0 fully saturated rings. The Morgan fingerprint density at radius 2 is 0.857 bits per heavy atom. The number of hydrogen-bond acceptors (Lipinski definition) is 2. The maximum atomic E-state index is 13.4. The largest absolute Gasteiger partial charge is 0.293 e. The maximum Gasteiger partial charge on any atom is 0.172 e. The van der Waals surface area contributed by atoms with Gasteiger partial charge in [0.25, 0.3) is 0 Å². The van der Waals surface area contributed by atoms with Gasteiger partial charge >= 0.3 is 0 Å². The van der Waals surface area contributed by atoms with Gasteiger partial charge in [0.05, 0.1) is 10.5 Å². The van der Waals surface area contributed by atoms with Gasteiger partial charge in [-0.1, -0.05) is 146 Å². The Bertz CT molecular complexity index is 1270. The monoisotopic (exact) mass is 470 g/mol. The van der Waals surface area contributed by atoms with Gasteiger partial charge in [-0.15, -0.1) is 11.8 Å². The van der Waals surface area contributed by atoms with Crippen LogP contribution in [0, 0.1) is 0 Å². The molecule has 0 spiro atoms. The van der Waals surface area contributed by atoms with Crippen molar-refractivity contribution in [3.05, 3.63) is 168 Å². The van der Waals surface area contributed by atoms with Crippen LogP contribution in [0.1, 0.15) is 27.0 Å². The molecule has 0 unspecified atom stereocenters. The summed E-state index contributed by atoms with van der Waals surface area (Å²) in [7, 11) is 0. The fourth-order valence-electron chi connectivity index (χ4n) is 4.50. The maximum absolute atomic E-state index is 13.4. The number of carbonyl (C=O) groups is 1. The van der Waals surface area contributed by atoms with Crippen LogP contribution >= 0.6 is 11.8 Å². The number of benzene rings is 5. The number of ketones is 1. The normalized spacial score (nSPS) is 11.2. The SMILES string of the molecule is O=C(CSC(c1ccccc1)(c1ccccc1)c1ccccc1)c1ccc(-c2ccccc2)cc1. The third-order valence-corrected chi connectivity index (χ3v) is 7.82. The fraction of sp³-hybridized carbons (Fsp3) is 0.0606. The van der Waals surface area contributed by atoms with E-state index in [1.165, 1.54) is 0 Å². The molecule has 2 heteroatoms. The molecular weight excluding hydrogens is 444 g/mol. The highest BCUT2D eigenvalue weighted by Gasteiger charge is 2.37. The first-order chi connectivity index (χ1) is 17.3. The molecule has 5 rings (SSSR count). The van der Waals surface area contributed by atoms with E-state index >= 15 is 0 Å². The standard InChI is InChI=1S/C33H26OS/c34-32(28-23-21-27(22-24-28)26-13-5-1-6-14-26)25-35-33(29-15-7-2-8-16-29,30-17-9-3-10-18-30)31-19-11-4-12-20-31/h1-24H,25H2. The lowest BCUT2D eigenvalue weighted by atomic mass is 9.84. The van der Waals surface area contributed by atoms with Crippen LogP contribution in [0.3, 0.4) is 0 Å². The minimum Gasteiger partial charge on any atom is -0.293 e. The topological polar surface area (TPSA) is 17.1 Å². The van der Waals surface area contributed by atoms with Crippen molar-refractivity contribution in [1.82, 2.24) is 0 Å². The lowest BCUT2D eigenvalue weighted by Crippen LogP contribution is -2.27. The van der Waals surface area contributed by atoms with E-state index in [0.717, 1.165) is 33.4 Å². The zero-order valence-corrected chi connectivity index (χ0v) is 20.2. The van der Waals surface area contributed by atoms with Gasteiger partial charge < -0.3 is 0 Å². The quantitative estimate of drug-likeness (QED) is 0.168. The summed E-state index contributed by atoms with van der Waals surface area (Å²) in [6.45, 7) is 0. The molecule has 0 aliphatic heterocycles. The van der Waals surface area contributed by atoms with E-state index in [2.05, 4.69) is 84.9 Å². The summed E-state index contributed by atoms with van der Waals surface area (Å²) in [6.07, 6.45) is 0. The molecule has 0 saturated heterocycles. The van der Waals surface area contributed by atoms with E-state index in [0.29, 0.717) is 5.75 Å². The summed E-state index contributed by atoms with van der Waals surface area (Å²) in [5.74, 6) is 0.491. The van der Waals surface area contributed by atoms with Gasteiger partial charge in [0, 0.05) is 5.56 Å². The van der Waals surface area contributed by atoms with Gasteiger partial charge in [-0.25, -0.2) is 0 Å². The summed E-state index contributed by atoms with van der Waals surface area (Å²) >= 11 is 1.68. The van der Waals surface area contributed by atoms with Crippen molar-refractivity contribution < 1.29 is 4.79 Å². The van der Waals surface area contributed by atoms with E-state index in [-0.39, 0.29) is 5.78 Å². The molecule has 0 aliphatic rings. The third-order valence-electron chi connectivity index (χ3n) is 6.27. The molecule has 0 atom stereocenters. The van der Waals surface area contributed by atoms with E-state index in [1.54, 1.807) is 11.8 Å². The summed E-state index contributed by atoms with van der Waals surface area (Å²) in [6, 6.07) is 49.7. The molecular formula is C33H26OS. The number of thioether (sulfide) groups is 1. The predicted octanol–water partition coefficient (Wildman–Crippen LogP) is 8.26. The Labute approximate surface area is 211 Å². The van der Waals surface area contributed by atoms with Gasteiger partial charge in [0.2, 0.25) is 0 Å².